The maximum atomic E-state index is 12.7. The fourth-order valence-corrected chi connectivity index (χ4v) is 2.71. The number of carbonyl (C=O) groups excluding carboxylic acids is 2. The zero-order valence-corrected chi connectivity index (χ0v) is 11.3. The lowest BCUT2D eigenvalue weighted by atomic mass is 10.0. The first kappa shape index (κ1) is 13.1. The summed E-state index contributed by atoms with van der Waals surface area (Å²) >= 11 is 0. The third-order valence-electron chi connectivity index (χ3n) is 3.60. The lowest BCUT2D eigenvalue weighted by Crippen LogP contribution is -2.43. The Bertz CT molecular complexity index is 577. The van der Waals surface area contributed by atoms with Crippen molar-refractivity contribution < 1.29 is 23.8 Å². The molecule has 0 atom stereocenters. The molecule has 0 saturated carbocycles. The van der Waals surface area contributed by atoms with Gasteiger partial charge in [-0.25, -0.2) is 0 Å². The van der Waals surface area contributed by atoms with Crippen LogP contribution in [0.4, 0.5) is 5.69 Å². The van der Waals surface area contributed by atoms with Crippen molar-refractivity contribution in [3.05, 3.63) is 29.3 Å². The van der Waals surface area contributed by atoms with E-state index in [1.165, 1.54) is 12.0 Å². The molecule has 0 radical (unpaired) electrons. The molecule has 1 aromatic rings. The molecule has 0 unspecified atom stereocenters. The highest BCUT2D eigenvalue weighted by atomic mass is 16.7. The van der Waals surface area contributed by atoms with E-state index >= 15 is 0 Å². The zero-order valence-electron chi connectivity index (χ0n) is 11.3. The van der Waals surface area contributed by atoms with Gasteiger partial charge in [0.05, 0.1) is 26.0 Å². The van der Waals surface area contributed by atoms with E-state index in [4.69, 9.17) is 9.47 Å². The molecule has 20 heavy (non-hydrogen) atoms. The van der Waals surface area contributed by atoms with Crippen molar-refractivity contribution in [2.75, 3.05) is 31.8 Å². The Morgan fingerprint density at radius 1 is 1.40 bits per heavy atom. The van der Waals surface area contributed by atoms with Crippen LogP contribution >= 0.6 is 0 Å². The number of methoxy groups -OCH3 is 1. The highest BCUT2D eigenvalue weighted by Gasteiger charge is 2.56. The second kappa shape index (κ2) is 4.57. The number of fused-ring (bicyclic) bond motifs is 2. The first-order valence-corrected chi connectivity index (χ1v) is 6.37. The molecular weight excluding hydrogens is 262 g/mol. The van der Waals surface area contributed by atoms with E-state index in [0.29, 0.717) is 24.5 Å². The molecule has 2 heterocycles. The molecule has 106 valence electrons. The van der Waals surface area contributed by atoms with Gasteiger partial charge in [0.1, 0.15) is 6.54 Å². The topological polar surface area (TPSA) is 65.1 Å². The standard InChI is InChI=1S/C14H15NO5/c1-9-4-3-5-10-12(9)15(8-11(16)18-2)13(17)14(10)19-6-7-20-14/h3-5H,6-8H2,1-2H3. The van der Waals surface area contributed by atoms with Crippen molar-refractivity contribution in [3.63, 3.8) is 0 Å². The number of carbonyl (C=O) groups is 2. The van der Waals surface area contributed by atoms with Gasteiger partial charge in [0.15, 0.2) is 0 Å². The van der Waals surface area contributed by atoms with Crippen molar-refractivity contribution in [2.45, 2.75) is 12.7 Å². The first-order valence-electron chi connectivity index (χ1n) is 6.37. The predicted molar refractivity (Wildman–Crippen MR) is 69.1 cm³/mol. The van der Waals surface area contributed by atoms with E-state index in [0.717, 1.165) is 5.56 Å². The van der Waals surface area contributed by atoms with Gasteiger partial charge in [0.2, 0.25) is 0 Å². The molecule has 1 aromatic carbocycles. The van der Waals surface area contributed by atoms with Crippen LogP contribution in [0.25, 0.3) is 0 Å². The van der Waals surface area contributed by atoms with E-state index in [9.17, 15) is 9.59 Å². The molecule has 1 amide bonds. The zero-order chi connectivity index (χ0) is 14.3. The molecule has 2 aliphatic rings. The van der Waals surface area contributed by atoms with E-state index in [-0.39, 0.29) is 12.5 Å². The molecule has 1 saturated heterocycles. The van der Waals surface area contributed by atoms with Gasteiger partial charge in [-0.2, -0.15) is 0 Å². The average Bonchev–Trinajstić information content (AvgIpc) is 3.01. The number of amides is 1. The summed E-state index contributed by atoms with van der Waals surface area (Å²) in [4.78, 5) is 25.6. The summed E-state index contributed by atoms with van der Waals surface area (Å²) < 4.78 is 15.8. The molecule has 0 N–H and O–H groups in total. The second-order valence-corrected chi connectivity index (χ2v) is 4.75. The Hall–Kier alpha value is -1.92. The van der Waals surface area contributed by atoms with Crippen LogP contribution in [0, 0.1) is 6.92 Å². The fourth-order valence-electron chi connectivity index (χ4n) is 2.71. The molecular formula is C14H15NO5. The molecule has 0 aromatic heterocycles. The molecule has 3 rings (SSSR count). The monoisotopic (exact) mass is 277 g/mol. The Balaban J connectivity index is 2.11. The fraction of sp³-hybridized carbons (Fsp3) is 0.429. The summed E-state index contributed by atoms with van der Waals surface area (Å²) in [6, 6.07) is 5.52. The Morgan fingerprint density at radius 2 is 2.10 bits per heavy atom. The number of para-hydroxylation sites is 1. The smallest absolute Gasteiger partial charge is 0.325 e. The predicted octanol–water partition coefficient (Wildman–Crippen LogP) is 0.714. The Morgan fingerprint density at radius 3 is 2.75 bits per heavy atom. The Kier molecular flexibility index (Phi) is 2.99. The van der Waals surface area contributed by atoms with Crippen LogP contribution in [0.5, 0.6) is 0 Å². The number of benzene rings is 1. The lowest BCUT2D eigenvalue weighted by molar-refractivity contribution is -0.181. The summed E-state index contributed by atoms with van der Waals surface area (Å²) in [7, 11) is 1.29. The van der Waals surface area contributed by atoms with E-state index in [2.05, 4.69) is 4.74 Å². The van der Waals surface area contributed by atoms with Gasteiger partial charge >= 0.3 is 5.97 Å². The van der Waals surface area contributed by atoms with Crippen LogP contribution in [0.15, 0.2) is 18.2 Å². The largest absolute Gasteiger partial charge is 0.468 e. The minimum absolute atomic E-state index is 0.151. The summed E-state index contributed by atoms with van der Waals surface area (Å²) in [6.45, 7) is 2.43. The van der Waals surface area contributed by atoms with Crippen molar-refractivity contribution in [2.24, 2.45) is 0 Å². The number of hydrogen-bond donors (Lipinski definition) is 0. The van der Waals surface area contributed by atoms with E-state index in [1.807, 2.05) is 19.1 Å². The minimum atomic E-state index is -1.39. The number of ether oxygens (including phenoxy) is 3. The summed E-state index contributed by atoms with van der Waals surface area (Å²) in [5.74, 6) is -2.25. The van der Waals surface area contributed by atoms with E-state index < -0.39 is 11.8 Å². The van der Waals surface area contributed by atoms with E-state index in [1.54, 1.807) is 6.07 Å². The number of aryl methyl sites for hydroxylation is 1. The highest BCUT2D eigenvalue weighted by Crippen LogP contribution is 2.46. The third kappa shape index (κ3) is 1.65. The van der Waals surface area contributed by atoms with Crippen LogP contribution in [0.2, 0.25) is 0 Å². The van der Waals surface area contributed by atoms with Gasteiger partial charge in [0, 0.05) is 5.56 Å². The van der Waals surface area contributed by atoms with Crippen molar-refractivity contribution in [1.82, 2.24) is 0 Å². The molecule has 2 aliphatic heterocycles. The SMILES string of the molecule is COC(=O)CN1C(=O)C2(OCCO2)c2cccc(C)c21. The molecule has 6 nitrogen and oxygen atoms in total. The van der Waals surface area contributed by atoms with Crippen LogP contribution in [0.1, 0.15) is 11.1 Å². The molecule has 0 bridgehead atoms. The highest BCUT2D eigenvalue weighted by molar-refractivity contribution is 6.09. The van der Waals surface area contributed by atoms with Crippen molar-refractivity contribution >= 4 is 17.6 Å². The van der Waals surface area contributed by atoms with Gasteiger partial charge in [-0.15, -0.1) is 0 Å². The summed E-state index contributed by atoms with van der Waals surface area (Å²) in [5, 5.41) is 0. The molecule has 1 spiro atoms. The maximum absolute atomic E-state index is 12.7. The van der Waals surface area contributed by atoms with Gasteiger partial charge < -0.3 is 14.2 Å². The van der Waals surface area contributed by atoms with Crippen LogP contribution < -0.4 is 4.90 Å². The van der Waals surface area contributed by atoms with Crippen molar-refractivity contribution in [1.29, 1.82) is 0 Å². The number of rotatable bonds is 2. The Labute approximate surface area is 116 Å². The van der Waals surface area contributed by atoms with Gasteiger partial charge in [0.25, 0.3) is 11.7 Å². The van der Waals surface area contributed by atoms with Crippen molar-refractivity contribution in [3.8, 4) is 0 Å². The molecule has 0 aliphatic carbocycles. The maximum Gasteiger partial charge on any atom is 0.325 e. The number of nitrogens with zero attached hydrogens (tertiary/aromatic N) is 1. The number of hydrogen-bond acceptors (Lipinski definition) is 5. The van der Waals surface area contributed by atoms with Crippen LogP contribution in [0.3, 0.4) is 0 Å². The quantitative estimate of drug-likeness (QED) is 0.745. The minimum Gasteiger partial charge on any atom is -0.468 e. The van der Waals surface area contributed by atoms with Gasteiger partial charge in [-0.05, 0) is 12.5 Å². The third-order valence-corrected chi connectivity index (χ3v) is 3.60. The molecule has 6 heteroatoms. The summed E-state index contributed by atoms with van der Waals surface area (Å²) in [6.07, 6.45) is 0. The molecule has 1 fully saturated rings. The van der Waals surface area contributed by atoms with Gasteiger partial charge in [-0.1, -0.05) is 18.2 Å². The van der Waals surface area contributed by atoms with Crippen LogP contribution in [-0.4, -0.2) is 38.7 Å². The number of esters is 1. The second-order valence-electron chi connectivity index (χ2n) is 4.75. The first-order chi connectivity index (χ1) is 9.60. The normalized spacial score (nSPS) is 19.5. The lowest BCUT2D eigenvalue weighted by Gasteiger charge is -2.21. The average molecular weight is 277 g/mol. The van der Waals surface area contributed by atoms with Crippen LogP contribution in [-0.2, 0) is 29.6 Å². The van der Waals surface area contributed by atoms with Gasteiger partial charge in [-0.3, -0.25) is 14.5 Å². The number of anilines is 1. The summed E-state index contributed by atoms with van der Waals surface area (Å²) in [5.41, 5.74) is 2.21.